The minimum atomic E-state index is 0.166. The van der Waals surface area contributed by atoms with Crippen LogP contribution in [0.15, 0.2) is 5.51 Å². The fourth-order valence-electron chi connectivity index (χ4n) is 0.500. The highest BCUT2D eigenvalue weighted by atomic mass is 32.1. The number of thiazole rings is 1. The monoisotopic (exact) mass is 158 g/mol. The Morgan fingerprint density at radius 3 is 3.20 bits per heavy atom. The maximum atomic E-state index is 9.72. The van der Waals surface area contributed by atoms with Crippen LogP contribution in [0.1, 0.15) is 5.69 Å². The lowest BCUT2D eigenvalue weighted by Crippen LogP contribution is -1.94. The van der Waals surface area contributed by atoms with E-state index in [1.807, 2.05) is 0 Å². The lowest BCUT2D eigenvalue weighted by Gasteiger charge is -1.93. The number of carbonyl (C=O) groups is 1. The second-order valence-electron chi connectivity index (χ2n) is 1.57. The number of ether oxygens (including phenoxy) is 1. The predicted octanol–water partition coefficient (Wildman–Crippen LogP) is 0.398. The molecule has 0 spiro atoms. The quantitative estimate of drug-likeness (QED) is 0.646. The molecule has 1 aromatic heterocycles. The van der Waals surface area contributed by atoms with Gasteiger partial charge in [-0.1, -0.05) is 0 Å². The number of rotatable bonds is 3. The highest BCUT2D eigenvalue weighted by Gasteiger charge is 2.00. The summed E-state index contributed by atoms with van der Waals surface area (Å²) < 4.78 is 4.44. The van der Waals surface area contributed by atoms with Gasteiger partial charge in [0.2, 0.25) is 0 Å². The van der Waals surface area contributed by atoms with Crippen LogP contribution in [0.5, 0.6) is 0 Å². The van der Waals surface area contributed by atoms with Crippen LogP contribution < -0.4 is 5.73 Å². The Hall–Kier alpha value is -1.10. The average Bonchev–Trinajstić information content (AvgIpc) is 2.31. The van der Waals surface area contributed by atoms with Gasteiger partial charge >= 0.3 is 0 Å². The summed E-state index contributed by atoms with van der Waals surface area (Å²) in [4.78, 5) is 13.6. The number of nitrogen functional groups attached to an aromatic ring is 1. The fraction of sp³-hybridized carbons (Fsp3) is 0.200. The van der Waals surface area contributed by atoms with Crippen molar-refractivity contribution in [1.82, 2.24) is 4.98 Å². The van der Waals surface area contributed by atoms with Gasteiger partial charge in [0.1, 0.15) is 17.3 Å². The molecule has 1 aromatic rings. The van der Waals surface area contributed by atoms with Crippen LogP contribution in [0.25, 0.3) is 0 Å². The van der Waals surface area contributed by atoms with Crippen molar-refractivity contribution < 1.29 is 9.53 Å². The average molecular weight is 158 g/mol. The van der Waals surface area contributed by atoms with Crippen molar-refractivity contribution in [2.75, 3.05) is 5.73 Å². The van der Waals surface area contributed by atoms with E-state index in [0.717, 1.165) is 0 Å². The van der Waals surface area contributed by atoms with Gasteiger partial charge in [0.25, 0.3) is 6.47 Å². The molecule has 0 aliphatic carbocycles. The molecule has 0 fully saturated rings. The zero-order valence-corrected chi connectivity index (χ0v) is 5.93. The number of nitrogens with zero attached hydrogens (tertiary/aromatic N) is 1. The normalized spacial score (nSPS) is 9.20. The molecule has 10 heavy (non-hydrogen) atoms. The summed E-state index contributed by atoms with van der Waals surface area (Å²) in [5.41, 5.74) is 7.67. The molecule has 0 aliphatic rings. The SMILES string of the molecule is Nc1scnc1COC=O. The van der Waals surface area contributed by atoms with E-state index in [1.165, 1.54) is 11.3 Å². The van der Waals surface area contributed by atoms with Crippen molar-refractivity contribution >= 4 is 22.8 Å². The third-order valence-corrected chi connectivity index (χ3v) is 1.66. The summed E-state index contributed by atoms with van der Waals surface area (Å²) >= 11 is 1.33. The first-order chi connectivity index (χ1) is 4.84. The lowest BCUT2D eigenvalue weighted by molar-refractivity contribution is -0.129. The smallest absolute Gasteiger partial charge is 0.293 e. The third-order valence-electron chi connectivity index (χ3n) is 0.961. The lowest BCUT2D eigenvalue weighted by atomic mass is 10.5. The Morgan fingerprint density at radius 2 is 2.70 bits per heavy atom. The molecule has 0 aromatic carbocycles. The largest absolute Gasteiger partial charge is 0.461 e. The molecule has 1 rings (SSSR count). The topological polar surface area (TPSA) is 65.2 Å². The van der Waals surface area contributed by atoms with Crippen LogP contribution in [0, 0.1) is 0 Å². The van der Waals surface area contributed by atoms with Crippen LogP contribution in [0.4, 0.5) is 5.00 Å². The van der Waals surface area contributed by atoms with E-state index in [1.54, 1.807) is 5.51 Å². The Labute approximate surface area is 61.6 Å². The Bertz CT molecular complexity index is 223. The molecule has 4 nitrogen and oxygen atoms in total. The molecule has 0 saturated heterocycles. The molecule has 0 atom stereocenters. The van der Waals surface area contributed by atoms with Crippen molar-refractivity contribution in [3.05, 3.63) is 11.2 Å². The minimum absolute atomic E-state index is 0.166. The molecule has 0 bridgehead atoms. The Kier molecular flexibility index (Phi) is 2.22. The van der Waals surface area contributed by atoms with Crippen molar-refractivity contribution in [2.45, 2.75) is 6.61 Å². The van der Waals surface area contributed by atoms with Crippen LogP contribution >= 0.6 is 11.3 Å². The van der Waals surface area contributed by atoms with Gasteiger partial charge in [0, 0.05) is 0 Å². The highest BCUT2D eigenvalue weighted by molar-refractivity contribution is 7.13. The van der Waals surface area contributed by atoms with E-state index in [-0.39, 0.29) is 6.61 Å². The minimum Gasteiger partial charge on any atom is -0.461 e. The van der Waals surface area contributed by atoms with Gasteiger partial charge in [-0.2, -0.15) is 0 Å². The van der Waals surface area contributed by atoms with E-state index in [2.05, 4.69) is 9.72 Å². The van der Waals surface area contributed by atoms with Crippen molar-refractivity contribution in [2.24, 2.45) is 0 Å². The van der Waals surface area contributed by atoms with Crippen LogP contribution in [-0.2, 0) is 16.1 Å². The predicted molar refractivity (Wildman–Crippen MR) is 37.4 cm³/mol. The molecule has 0 unspecified atom stereocenters. The molecule has 0 amide bonds. The van der Waals surface area contributed by atoms with Crippen LogP contribution in [-0.4, -0.2) is 11.5 Å². The van der Waals surface area contributed by atoms with Crippen LogP contribution in [0.2, 0.25) is 0 Å². The van der Waals surface area contributed by atoms with E-state index in [0.29, 0.717) is 17.2 Å². The fourth-order valence-corrected chi connectivity index (χ4v) is 1.04. The summed E-state index contributed by atoms with van der Waals surface area (Å²) in [5.74, 6) is 0. The third kappa shape index (κ3) is 1.44. The maximum absolute atomic E-state index is 9.72. The first-order valence-corrected chi connectivity index (χ1v) is 3.45. The zero-order chi connectivity index (χ0) is 7.40. The van der Waals surface area contributed by atoms with E-state index in [9.17, 15) is 4.79 Å². The molecular formula is C5H6N2O2S. The summed E-state index contributed by atoms with van der Waals surface area (Å²) in [6, 6.07) is 0. The summed E-state index contributed by atoms with van der Waals surface area (Å²) in [6.45, 7) is 0.539. The van der Waals surface area contributed by atoms with Crippen molar-refractivity contribution in [1.29, 1.82) is 0 Å². The van der Waals surface area contributed by atoms with Gasteiger partial charge in [0.05, 0.1) is 5.51 Å². The zero-order valence-electron chi connectivity index (χ0n) is 5.11. The highest BCUT2D eigenvalue weighted by Crippen LogP contribution is 2.15. The maximum Gasteiger partial charge on any atom is 0.293 e. The van der Waals surface area contributed by atoms with Gasteiger partial charge in [-0.3, -0.25) is 4.79 Å². The number of hydrogen-bond acceptors (Lipinski definition) is 5. The molecular weight excluding hydrogens is 152 g/mol. The number of nitrogens with two attached hydrogens (primary N) is 1. The van der Waals surface area contributed by atoms with Crippen molar-refractivity contribution in [3.63, 3.8) is 0 Å². The van der Waals surface area contributed by atoms with Gasteiger partial charge < -0.3 is 10.5 Å². The van der Waals surface area contributed by atoms with Gasteiger partial charge in [0.15, 0.2) is 0 Å². The molecule has 0 saturated carbocycles. The Morgan fingerprint density at radius 1 is 1.90 bits per heavy atom. The standard InChI is InChI=1S/C5H6N2O2S/c6-5-4(1-9-3-8)7-2-10-5/h2-3H,1,6H2. The number of aromatic nitrogens is 1. The molecule has 1 heterocycles. The van der Waals surface area contributed by atoms with E-state index < -0.39 is 0 Å². The first kappa shape index (κ1) is 7.01. The summed E-state index contributed by atoms with van der Waals surface area (Å²) in [6.07, 6.45) is 0. The molecule has 0 radical (unpaired) electrons. The summed E-state index contributed by atoms with van der Waals surface area (Å²) in [7, 11) is 0. The van der Waals surface area contributed by atoms with E-state index in [4.69, 9.17) is 5.73 Å². The first-order valence-electron chi connectivity index (χ1n) is 2.57. The van der Waals surface area contributed by atoms with Gasteiger partial charge in [-0.25, -0.2) is 4.98 Å². The van der Waals surface area contributed by atoms with Crippen LogP contribution in [0.3, 0.4) is 0 Å². The number of carbonyl (C=O) groups excluding carboxylic acids is 1. The second kappa shape index (κ2) is 3.17. The molecule has 54 valence electrons. The van der Waals surface area contributed by atoms with Gasteiger partial charge in [-0.05, 0) is 0 Å². The van der Waals surface area contributed by atoms with Gasteiger partial charge in [-0.15, -0.1) is 11.3 Å². The molecule has 2 N–H and O–H groups in total. The van der Waals surface area contributed by atoms with Crippen molar-refractivity contribution in [3.8, 4) is 0 Å². The number of hydrogen-bond donors (Lipinski definition) is 1. The molecule has 0 aliphatic heterocycles. The summed E-state index contributed by atoms with van der Waals surface area (Å²) in [5, 5.41) is 0.599. The molecule has 5 heteroatoms. The van der Waals surface area contributed by atoms with E-state index >= 15 is 0 Å². The number of anilines is 1. The Balaban J connectivity index is 2.56. The second-order valence-corrected chi connectivity index (χ2v) is 2.46.